The van der Waals surface area contributed by atoms with E-state index in [4.69, 9.17) is 4.74 Å². The molecular formula is C23H33N3O3S. The molecule has 1 aromatic heterocycles. The molecule has 0 N–H and O–H groups in total. The highest BCUT2D eigenvalue weighted by atomic mass is 32.1. The summed E-state index contributed by atoms with van der Waals surface area (Å²) in [6.07, 6.45) is 8.04. The molecule has 0 spiro atoms. The third kappa shape index (κ3) is 4.16. The first-order valence-corrected chi connectivity index (χ1v) is 12.5. The predicted molar refractivity (Wildman–Crippen MR) is 117 cm³/mol. The summed E-state index contributed by atoms with van der Waals surface area (Å²) < 4.78 is 5.36. The molecule has 3 heterocycles. The van der Waals surface area contributed by atoms with Crippen LogP contribution in [0.15, 0.2) is 6.07 Å². The molecule has 2 amide bonds. The van der Waals surface area contributed by atoms with E-state index in [1.807, 2.05) is 4.90 Å². The first-order chi connectivity index (χ1) is 14.7. The molecule has 0 bridgehead atoms. The number of nitrogens with zero attached hydrogens (tertiary/aromatic N) is 3. The number of thiophene rings is 1. The molecular weight excluding hydrogens is 398 g/mol. The molecule has 0 unspecified atom stereocenters. The van der Waals surface area contributed by atoms with E-state index >= 15 is 0 Å². The number of hydrogen-bond donors (Lipinski definition) is 0. The SMILES string of the molecule is O=C(c1cc2c(s1)CC[C@H](C(=O)N1CCN(C3CCCC3)CC1)C2)N1CCOCC1. The van der Waals surface area contributed by atoms with Crippen LogP contribution in [0, 0.1) is 5.92 Å². The van der Waals surface area contributed by atoms with Crippen molar-refractivity contribution in [2.45, 2.75) is 51.0 Å². The van der Waals surface area contributed by atoms with Crippen LogP contribution in [0.4, 0.5) is 0 Å². The van der Waals surface area contributed by atoms with Crippen LogP contribution in [0.25, 0.3) is 0 Å². The monoisotopic (exact) mass is 431 g/mol. The van der Waals surface area contributed by atoms with E-state index in [0.29, 0.717) is 32.2 Å². The van der Waals surface area contributed by atoms with Gasteiger partial charge < -0.3 is 14.5 Å². The largest absolute Gasteiger partial charge is 0.378 e. The second-order valence-corrected chi connectivity index (χ2v) is 10.3. The lowest BCUT2D eigenvalue weighted by Crippen LogP contribution is -2.53. The number of piperazine rings is 1. The van der Waals surface area contributed by atoms with E-state index in [2.05, 4.69) is 15.9 Å². The number of hydrogen-bond acceptors (Lipinski definition) is 5. The Balaban J connectivity index is 1.18. The molecule has 0 radical (unpaired) electrons. The number of amides is 2. The van der Waals surface area contributed by atoms with Crippen molar-refractivity contribution in [3.05, 3.63) is 21.4 Å². The number of morpholine rings is 1. The Morgan fingerprint density at radius 1 is 0.933 bits per heavy atom. The Morgan fingerprint density at radius 3 is 2.40 bits per heavy atom. The minimum absolute atomic E-state index is 0.0801. The maximum absolute atomic E-state index is 13.2. The van der Waals surface area contributed by atoms with Crippen molar-refractivity contribution in [2.75, 3.05) is 52.5 Å². The van der Waals surface area contributed by atoms with Gasteiger partial charge in [0.2, 0.25) is 5.91 Å². The maximum Gasteiger partial charge on any atom is 0.264 e. The van der Waals surface area contributed by atoms with Crippen LogP contribution >= 0.6 is 11.3 Å². The molecule has 5 rings (SSSR count). The molecule has 6 nitrogen and oxygen atoms in total. The summed E-state index contributed by atoms with van der Waals surface area (Å²) >= 11 is 1.64. The van der Waals surface area contributed by atoms with Gasteiger partial charge >= 0.3 is 0 Å². The second kappa shape index (κ2) is 8.97. The lowest BCUT2D eigenvalue weighted by Gasteiger charge is -2.39. The fourth-order valence-corrected chi connectivity index (χ4v) is 6.77. The van der Waals surface area contributed by atoms with Crippen LogP contribution in [-0.2, 0) is 22.4 Å². The van der Waals surface area contributed by atoms with Crippen LogP contribution in [0.5, 0.6) is 0 Å². The number of aryl methyl sites for hydroxylation is 1. The van der Waals surface area contributed by atoms with E-state index in [-0.39, 0.29) is 11.8 Å². The standard InChI is InChI=1S/C23H33N3O3S/c27-22(25-9-7-24(8-10-25)19-3-1-2-4-19)17-5-6-20-18(15-17)16-21(30-20)23(28)26-11-13-29-14-12-26/h16-17,19H,1-15H2/t17-/m0/s1. The van der Waals surface area contributed by atoms with E-state index in [1.54, 1.807) is 11.3 Å². The van der Waals surface area contributed by atoms with Crippen molar-refractivity contribution in [1.82, 2.24) is 14.7 Å². The first-order valence-electron chi connectivity index (χ1n) is 11.7. The summed E-state index contributed by atoms with van der Waals surface area (Å²) in [5.41, 5.74) is 1.23. The summed E-state index contributed by atoms with van der Waals surface area (Å²) in [5.74, 6) is 0.541. The second-order valence-electron chi connectivity index (χ2n) is 9.20. The molecule has 0 aromatic carbocycles. The van der Waals surface area contributed by atoms with Crippen LogP contribution in [0.3, 0.4) is 0 Å². The van der Waals surface area contributed by atoms with Crippen LogP contribution in [0.2, 0.25) is 0 Å². The van der Waals surface area contributed by atoms with Gasteiger partial charge in [-0.25, -0.2) is 0 Å². The summed E-state index contributed by atoms with van der Waals surface area (Å²) in [4.78, 5) is 34.8. The van der Waals surface area contributed by atoms with Gasteiger partial charge in [0.1, 0.15) is 0 Å². The van der Waals surface area contributed by atoms with Crippen LogP contribution in [0.1, 0.15) is 52.2 Å². The quantitative estimate of drug-likeness (QED) is 0.738. The fourth-order valence-electron chi connectivity index (χ4n) is 5.60. The zero-order valence-corrected chi connectivity index (χ0v) is 18.6. The number of ether oxygens (including phenoxy) is 1. The van der Waals surface area contributed by atoms with Crippen LogP contribution < -0.4 is 0 Å². The molecule has 7 heteroatoms. The lowest BCUT2D eigenvalue weighted by molar-refractivity contribution is -0.138. The van der Waals surface area contributed by atoms with Gasteiger partial charge in [0.15, 0.2) is 0 Å². The molecule has 164 valence electrons. The van der Waals surface area contributed by atoms with E-state index in [9.17, 15) is 9.59 Å². The lowest BCUT2D eigenvalue weighted by atomic mass is 9.87. The number of fused-ring (bicyclic) bond motifs is 1. The Kier molecular flexibility index (Phi) is 6.12. The van der Waals surface area contributed by atoms with Crippen molar-refractivity contribution in [3.8, 4) is 0 Å². The minimum atomic E-state index is 0.0801. The molecule has 3 fully saturated rings. The van der Waals surface area contributed by atoms with Crippen molar-refractivity contribution in [1.29, 1.82) is 0 Å². The summed E-state index contributed by atoms with van der Waals surface area (Å²) in [6, 6.07) is 2.82. The average molecular weight is 432 g/mol. The number of rotatable bonds is 3. The number of carbonyl (C=O) groups excluding carboxylic acids is 2. The molecule has 2 saturated heterocycles. The zero-order chi connectivity index (χ0) is 20.5. The Morgan fingerprint density at radius 2 is 1.67 bits per heavy atom. The predicted octanol–water partition coefficient (Wildman–Crippen LogP) is 2.41. The highest BCUT2D eigenvalue weighted by Gasteiger charge is 2.33. The van der Waals surface area contributed by atoms with Gasteiger partial charge in [-0.1, -0.05) is 12.8 Å². The van der Waals surface area contributed by atoms with E-state index in [1.165, 1.54) is 36.1 Å². The minimum Gasteiger partial charge on any atom is -0.378 e. The zero-order valence-electron chi connectivity index (χ0n) is 17.8. The van der Waals surface area contributed by atoms with Gasteiger partial charge in [-0.15, -0.1) is 11.3 Å². The normalized spacial score (nSPS) is 26.1. The third-order valence-corrected chi connectivity index (χ3v) is 8.63. The van der Waals surface area contributed by atoms with Gasteiger partial charge in [-0.05, 0) is 43.7 Å². The van der Waals surface area contributed by atoms with Gasteiger partial charge in [0, 0.05) is 56.1 Å². The first kappa shape index (κ1) is 20.5. The van der Waals surface area contributed by atoms with Crippen molar-refractivity contribution in [3.63, 3.8) is 0 Å². The number of carbonyl (C=O) groups is 2. The smallest absolute Gasteiger partial charge is 0.264 e. The van der Waals surface area contributed by atoms with Gasteiger partial charge in [-0.3, -0.25) is 14.5 Å². The summed E-state index contributed by atoms with van der Waals surface area (Å²) in [5, 5.41) is 0. The van der Waals surface area contributed by atoms with Gasteiger partial charge in [0.25, 0.3) is 5.91 Å². The molecule has 4 aliphatic rings. The third-order valence-electron chi connectivity index (χ3n) is 7.41. The molecule has 1 aromatic rings. The van der Waals surface area contributed by atoms with Crippen molar-refractivity contribution >= 4 is 23.2 Å². The molecule has 30 heavy (non-hydrogen) atoms. The van der Waals surface area contributed by atoms with Gasteiger partial charge in [0.05, 0.1) is 18.1 Å². The van der Waals surface area contributed by atoms with E-state index < -0.39 is 0 Å². The molecule has 2 aliphatic carbocycles. The van der Waals surface area contributed by atoms with Crippen molar-refractivity contribution < 1.29 is 14.3 Å². The molecule has 1 saturated carbocycles. The molecule has 2 aliphatic heterocycles. The highest BCUT2D eigenvalue weighted by Crippen LogP contribution is 2.34. The fraction of sp³-hybridized carbons (Fsp3) is 0.739. The highest BCUT2D eigenvalue weighted by molar-refractivity contribution is 7.14. The summed E-state index contributed by atoms with van der Waals surface area (Å²) in [7, 11) is 0. The Bertz CT molecular complexity index is 775. The van der Waals surface area contributed by atoms with Gasteiger partial charge in [-0.2, -0.15) is 0 Å². The molecule has 1 atom stereocenters. The maximum atomic E-state index is 13.2. The summed E-state index contributed by atoms with van der Waals surface area (Å²) in [6.45, 7) is 6.43. The topological polar surface area (TPSA) is 53.1 Å². The van der Waals surface area contributed by atoms with E-state index in [0.717, 1.165) is 56.4 Å². The van der Waals surface area contributed by atoms with Crippen molar-refractivity contribution in [2.24, 2.45) is 5.92 Å². The average Bonchev–Trinajstić information content (AvgIpc) is 3.48. The van der Waals surface area contributed by atoms with Crippen LogP contribution in [-0.4, -0.2) is 85.0 Å². The Labute approximate surface area is 183 Å². The Hall–Kier alpha value is -1.44.